The third-order valence-electron chi connectivity index (χ3n) is 3.08. The highest BCUT2D eigenvalue weighted by Crippen LogP contribution is 2.47. The summed E-state index contributed by atoms with van der Waals surface area (Å²) in [4.78, 5) is 0. The Balaban J connectivity index is 2.23. The van der Waals surface area contributed by atoms with Crippen LogP contribution in [-0.2, 0) is 0 Å². The molecule has 0 saturated heterocycles. The SMILES string of the molecule is CC1CC1C(NN)c1ccc(Cl)c(Cl)c1. The van der Waals surface area contributed by atoms with Crippen LogP contribution >= 0.6 is 23.2 Å². The molecule has 15 heavy (non-hydrogen) atoms. The lowest BCUT2D eigenvalue weighted by molar-refractivity contribution is 0.476. The summed E-state index contributed by atoms with van der Waals surface area (Å²) in [5.74, 6) is 6.92. The highest BCUT2D eigenvalue weighted by molar-refractivity contribution is 6.42. The van der Waals surface area contributed by atoms with E-state index < -0.39 is 0 Å². The second-order valence-corrected chi connectivity index (χ2v) is 5.01. The predicted molar refractivity (Wildman–Crippen MR) is 63.8 cm³/mol. The number of hydrogen-bond acceptors (Lipinski definition) is 2. The summed E-state index contributed by atoms with van der Waals surface area (Å²) >= 11 is 11.8. The summed E-state index contributed by atoms with van der Waals surface area (Å²) in [5, 5.41) is 1.17. The normalized spacial score (nSPS) is 26.4. The van der Waals surface area contributed by atoms with Gasteiger partial charge in [-0.25, -0.2) is 0 Å². The highest BCUT2D eigenvalue weighted by Gasteiger charge is 2.39. The molecular formula is C11H14Cl2N2. The number of hydrogen-bond donors (Lipinski definition) is 2. The van der Waals surface area contributed by atoms with Gasteiger partial charge in [0.15, 0.2) is 0 Å². The third kappa shape index (κ3) is 2.28. The smallest absolute Gasteiger partial charge is 0.0595 e. The lowest BCUT2D eigenvalue weighted by Crippen LogP contribution is -2.29. The Morgan fingerprint density at radius 1 is 1.40 bits per heavy atom. The fraction of sp³-hybridized carbons (Fsp3) is 0.455. The van der Waals surface area contributed by atoms with Crippen molar-refractivity contribution in [2.24, 2.45) is 17.7 Å². The van der Waals surface area contributed by atoms with Crippen LogP contribution < -0.4 is 11.3 Å². The Kier molecular flexibility index (Phi) is 3.21. The molecule has 0 heterocycles. The van der Waals surface area contributed by atoms with Crippen LogP contribution in [0.15, 0.2) is 18.2 Å². The second kappa shape index (κ2) is 4.30. The molecule has 0 aliphatic heterocycles. The minimum atomic E-state index is 0.190. The summed E-state index contributed by atoms with van der Waals surface area (Å²) in [6, 6.07) is 5.87. The molecule has 82 valence electrons. The monoisotopic (exact) mass is 244 g/mol. The lowest BCUT2D eigenvalue weighted by atomic mass is 10.0. The summed E-state index contributed by atoms with van der Waals surface area (Å²) in [6.45, 7) is 2.23. The Bertz CT molecular complexity index is 368. The molecule has 3 atom stereocenters. The van der Waals surface area contributed by atoms with Gasteiger partial charge < -0.3 is 0 Å². The number of nitrogens with one attached hydrogen (secondary N) is 1. The Morgan fingerprint density at radius 3 is 2.53 bits per heavy atom. The standard InChI is InChI=1S/C11H14Cl2N2/c1-6-4-8(6)11(15-14)7-2-3-9(12)10(13)5-7/h2-3,5-6,8,11,15H,4,14H2,1H3. The molecule has 0 bridgehead atoms. The van der Waals surface area contributed by atoms with E-state index in [0.717, 1.165) is 11.5 Å². The molecule has 1 aromatic rings. The first-order chi connectivity index (χ1) is 7.13. The van der Waals surface area contributed by atoms with Crippen LogP contribution in [0.25, 0.3) is 0 Å². The van der Waals surface area contributed by atoms with Crippen LogP contribution in [-0.4, -0.2) is 0 Å². The molecule has 0 radical (unpaired) electrons. The van der Waals surface area contributed by atoms with Crippen molar-refractivity contribution in [2.45, 2.75) is 19.4 Å². The van der Waals surface area contributed by atoms with Crippen molar-refractivity contribution < 1.29 is 0 Å². The van der Waals surface area contributed by atoms with Gasteiger partial charge in [-0.05, 0) is 36.0 Å². The molecule has 1 aliphatic rings. The first kappa shape index (κ1) is 11.2. The number of hydrazine groups is 1. The maximum absolute atomic E-state index is 5.98. The van der Waals surface area contributed by atoms with Gasteiger partial charge in [-0.2, -0.15) is 0 Å². The average Bonchev–Trinajstić information content (AvgIpc) is 2.90. The van der Waals surface area contributed by atoms with Crippen molar-refractivity contribution in [2.75, 3.05) is 0 Å². The van der Waals surface area contributed by atoms with Gasteiger partial charge >= 0.3 is 0 Å². The predicted octanol–water partition coefficient (Wildman–Crippen LogP) is 3.15. The van der Waals surface area contributed by atoms with Gasteiger partial charge in [-0.15, -0.1) is 0 Å². The molecule has 4 heteroatoms. The molecule has 2 rings (SSSR count). The van der Waals surface area contributed by atoms with Gasteiger partial charge in [-0.1, -0.05) is 36.2 Å². The van der Waals surface area contributed by atoms with Crippen molar-refractivity contribution in [1.82, 2.24) is 5.43 Å². The van der Waals surface area contributed by atoms with Crippen molar-refractivity contribution in [3.63, 3.8) is 0 Å². The molecule has 1 aromatic carbocycles. The first-order valence-corrected chi connectivity index (χ1v) is 5.80. The maximum atomic E-state index is 5.98. The molecule has 3 N–H and O–H groups in total. The van der Waals surface area contributed by atoms with E-state index in [1.165, 1.54) is 6.42 Å². The molecule has 0 aromatic heterocycles. The Morgan fingerprint density at radius 2 is 2.07 bits per heavy atom. The minimum Gasteiger partial charge on any atom is -0.271 e. The van der Waals surface area contributed by atoms with Gasteiger partial charge in [-0.3, -0.25) is 11.3 Å². The zero-order valence-electron chi connectivity index (χ0n) is 8.50. The molecule has 0 spiro atoms. The first-order valence-electron chi connectivity index (χ1n) is 5.04. The van der Waals surface area contributed by atoms with Crippen LogP contribution in [0.5, 0.6) is 0 Å². The largest absolute Gasteiger partial charge is 0.271 e. The van der Waals surface area contributed by atoms with E-state index in [1.54, 1.807) is 0 Å². The lowest BCUT2D eigenvalue weighted by Gasteiger charge is -2.16. The second-order valence-electron chi connectivity index (χ2n) is 4.19. The summed E-state index contributed by atoms with van der Waals surface area (Å²) < 4.78 is 0. The van der Waals surface area contributed by atoms with Crippen molar-refractivity contribution in [1.29, 1.82) is 0 Å². The fourth-order valence-electron chi connectivity index (χ4n) is 1.99. The van der Waals surface area contributed by atoms with Gasteiger partial charge in [0.05, 0.1) is 10.0 Å². The fourth-order valence-corrected chi connectivity index (χ4v) is 2.29. The van der Waals surface area contributed by atoms with E-state index in [0.29, 0.717) is 16.0 Å². The van der Waals surface area contributed by atoms with Gasteiger partial charge in [0.2, 0.25) is 0 Å². The van der Waals surface area contributed by atoms with Crippen LogP contribution in [0.3, 0.4) is 0 Å². The van der Waals surface area contributed by atoms with E-state index in [9.17, 15) is 0 Å². The summed E-state index contributed by atoms with van der Waals surface area (Å²) in [6.07, 6.45) is 1.22. The average molecular weight is 245 g/mol. The van der Waals surface area contributed by atoms with Crippen molar-refractivity contribution in [3.8, 4) is 0 Å². The minimum absolute atomic E-state index is 0.190. The molecule has 1 saturated carbocycles. The van der Waals surface area contributed by atoms with Crippen molar-refractivity contribution in [3.05, 3.63) is 33.8 Å². The van der Waals surface area contributed by atoms with E-state index in [1.807, 2.05) is 18.2 Å². The molecular weight excluding hydrogens is 231 g/mol. The molecule has 1 fully saturated rings. The number of benzene rings is 1. The van der Waals surface area contributed by atoms with Crippen LogP contribution in [0.1, 0.15) is 24.9 Å². The molecule has 3 unspecified atom stereocenters. The van der Waals surface area contributed by atoms with Gasteiger partial charge in [0.1, 0.15) is 0 Å². The highest BCUT2D eigenvalue weighted by atomic mass is 35.5. The number of nitrogens with two attached hydrogens (primary N) is 1. The quantitative estimate of drug-likeness (QED) is 0.634. The summed E-state index contributed by atoms with van der Waals surface area (Å²) in [5.41, 5.74) is 3.97. The van der Waals surface area contributed by atoms with Crippen LogP contribution in [0, 0.1) is 11.8 Å². The van der Waals surface area contributed by atoms with E-state index >= 15 is 0 Å². The Labute approximate surface area is 99.7 Å². The zero-order valence-corrected chi connectivity index (χ0v) is 10.0. The van der Waals surface area contributed by atoms with E-state index in [2.05, 4.69) is 12.3 Å². The molecule has 1 aliphatic carbocycles. The molecule has 2 nitrogen and oxygen atoms in total. The van der Waals surface area contributed by atoms with E-state index in [-0.39, 0.29) is 6.04 Å². The number of halogens is 2. The number of rotatable bonds is 3. The van der Waals surface area contributed by atoms with E-state index in [4.69, 9.17) is 29.0 Å². The topological polar surface area (TPSA) is 38.0 Å². The summed E-state index contributed by atoms with van der Waals surface area (Å²) in [7, 11) is 0. The molecule has 0 amide bonds. The third-order valence-corrected chi connectivity index (χ3v) is 3.82. The van der Waals surface area contributed by atoms with Crippen molar-refractivity contribution >= 4 is 23.2 Å². The Hall–Kier alpha value is -0.280. The van der Waals surface area contributed by atoms with Crippen LogP contribution in [0.2, 0.25) is 10.0 Å². The zero-order chi connectivity index (χ0) is 11.0. The van der Waals surface area contributed by atoms with Gasteiger partial charge in [0, 0.05) is 6.04 Å². The van der Waals surface area contributed by atoms with Gasteiger partial charge in [0.25, 0.3) is 0 Å². The van der Waals surface area contributed by atoms with Crippen LogP contribution in [0.4, 0.5) is 0 Å². The maximum Gasteiger partial charge on any atom is 0.0595 e.